The van der Waals surface area contributed by atoms with Gasteiger partial charge in [-0.05, 0) is 20.0 Å². The van der Waals surface area contributed by atoms with Gasteiger partial charge in [-0.25, -0.2) is 9.78 Å². The fraction of sp³-hybridized carbons (Fsp3) is 0.429. The number of thiazole rings is 1. The molecule has 0 aromatic carbocycles. The third kappa shape index (κ3) is 2.66. The predicted molar refractivity (Wildman–Crippen MR) is 84.0 cm³/mol. The monoisotopic (exact) mass is 306 g/mol. The summed E-state index contributed by atoms with van der Waals surface area (Å²) in [6, 6.07) is 0.352. The van der Waals surface area contributed by atoms with Crippen molar-refractivity contribution in [3.8, 4) is 0 Å². The van der Waals surface area contributed by atoms with Crippen LogP contribution in [0.3, 0.4) is 0 Å². The van der Waals surface area contributed by atoms with Crippen LogP contribution >= 0.6 is 11.3 Å². The average molecular weight is 306 g/mol. The van der Waals surface area contributed by atoms with Gasteiger partial charge in [0.1, 0.15) is 0 Å². The molecule has 0 saturated carbocycles. The van der Waals surface area contributed by atoms with E-state index in [2.05, 4.69) is 23.8 Å². The Morgan fingerprint density at radius 1 is 1.52 bits per heavy atom. The topological polar surface area (TPSA) is 61.1 Å². The van der Waals surface area contributed by atoms with Crippen molar-refractivity contribution < 1.29 is 9.90 Å². The van der Waals surface area contributed by atoms with Gasteiger partial charge in [-0.1, -0.05) is 0 Å². The van der Waals surface area contributed by atoms with Crippen molar-refractivity contribution in [3.63, 3.8) is 0 Å². The Morgan fingerprint density at radius 2 is 2.33 bits per heavy atom. The molecule has 0 aliphatic carbocycles. The summed E-state index contributed by atoms with van der Waals surface area (Å²) < 4.78 is 1.95. The molecule has 1 fully saturated rings. The summed E-state index contributed by atoms with van der Waals surface area (Å²) in [5, 5.41) is 10.8. The molecule has 112 valence electrons. The van der Waals surface area contributed by atoms with Crippen LogP contribution in [-0.2, 0) is 4.79 Å². The first-order chi connectivity index (χ1) is 10.1. The molecule has 0 spiro atoms. The van der Waals surface area contributed by atoms with E-state index < -0.39 is 5.97 Å². The molecule has 0 radical (unpaired) electrons. The maximum atomic E-state index is 10.8. The smallest absolute Gasteiger partial charge is 0.328 e. The summed E-state index contributed by atoms with van der Waals surface area (Å²) in [6.07, 6.45) is 4.74. The molecule has 1 aliphatic rings. The number of aliphatic carboxylic acids is 1. The molecular formula is C14H18N4O2S. The third-order valence-corrected chi connectivity index (χ3v) is 4.52. The molecule has 2 aromatic rings. The normalized spacial score (nSPS) is 20.7. The second-order valence-electron chi connectivity index (χ2n) is 5.35. The number of hydrogen-bond acceptors (Lipinski definition) is 5. The van der Waals surface area contributed by atoms with Crippen molar-refractivity contribution in [1.29, 1.82) is 0 Å². The van der Waals surface area contributed by atoms with Crippen LogP contribution in [0, 0.1) is 0 Å². The molecule has 1 atom stereocenters. The zero-order valence-electron chi connectivity index (χ0n) is 12.1. The lowest BCUT2D eigenvalue weighted by Gasteiger charge is -2.38. The van der Waals surface area contributed by atoms with E-state index in [0.717, 1.165) is 36.1 Å². The molecule has 2 aromatic heterocycles. The Bertz CT molecular complexity index is 690. The van der Waals surface area contributed by atoms with Gasteiger partial charge < -0.3 is 14.9 Å². The number of rotatable bonds is 3. The number of carboxylic acids is 1. The highest BCUT2D eigenvalue weighted by molar-refractivity contribution is 7.15. The molecule has 6 nitrogen and oxygen atoms in total. The van der Waals surface area contributed by atoms with Crippen LogP contribution in [0.1, 0.15) is 12.6 Å². The molecular weight excluding hydrogens is 288 g/mol. The van der Waals surface area contributed by atoms with E-state index in [1.54, 1.807) is 17.4 Å². The van der Waals surface area contributed by atoms with E-state index in [1.165, 1.54) is 6.08 Å². The second kappa shape index (κ2) is 5.50. The molecule has 0 amide bonds. The molecule has 21 heavy (non-hydrogen) atoms. The highest BCUT2D eigenvalue weighted by Crippen LogP contribution is 2.28. The standard InChI is InChI=1S/C14H18N4O2S/c1-10-9-16(2)5-6-17(10)13-11(3-4-12(19)20)18-7-8-21-14(18)15-13/h3-4,7-8,10H,5-6,9H2,1-2H3,(H,19,20)/b4-3+. The zero-order chi connectivity index (χ0) is 15.0. The second-order valence-corrected chi connectivity index (χ2v) is 6.23. The number of fused-ring (bicyclic) bond motifs is 1. The van der Waals surface area contributed by atoms with Crippen molar-refractivity contribution in [2.45, 2.75) is 13.0 Å². The number of nitrogens with zero attached hydrogens (tertiary/aromatic N) is 4. The van der Waals surface area contributed by atoms with Crippen molar-refractivity contribution >= 4 is 34.2 Å². The Kier molecular flexibility index (Phi) is 3.69. The van der Waals surface area contributed by atoms with Crippen molar-refractivity contribution in [2.24, 2.45) is 0 Å². The van der Waals surface area contributed by atoms with E-state index in [1.807, 2.05) is 16.0 Å². The number of likely N-dealkylation sites (N-methyl/N-ethyl adjacent to an activating group) is 1. The lowest BCUT2D eigenvalue weighted by Crippen LogP contribution is -2.50. The quantitative estimate of drug-likeness (QED) is 0.874. The first-order valence-corrected chi connectivity index (χ1v) is 7.76. The van der Waals surface area contributed by atoms with Crippen molar-refractivity contribution in [1.82, 2.24) is 14.3 Å². The van der Waals surface area contributed by atoms with E-state index in [0.29, 0.717) is 6.04 Å². The van der Waals surface area contributed by atoms with Gasteiger partial charge >= 0.3 is 5.97 Å². The maximum absolute atomic E-state index is 10.8. The number of imidazole rings is 1. The van der Waals surface area contributed by atoms with Gasteiger partial charge in [-0.3, -0.25) is 4.40 Å². The minimum Gasteiger partial charge on any atom is -0.478 e. The fourth-order valence-corrected chi connectivity index (χ4v) is 3.48. The molecule has 1 saturated heterocycles. The lowest BCUT2D eigenvalue weighted by molar-refractivity contribution is -0.131. The SMILES string of the molecule is CC1CN(C)CCN1c1nc2sccn2c1/C=C/C(=O)O. The Labute approximate surface area is 126 Å². The van der Waals surface area contributed by atoms with E-state index >= 15 is 0 Å². The lowest BCUT2D eigenvalue weighted by atomic mass is 10.2. The highest BCUT2D eigenvalue weighted by Gasteiger charge is 2.26. The van der Waals surface area contributed by atoms with Crippen LogP contribution in [0.5, 0.6) is 0 Å². The molecule has 7 heteroatoms. The number of anilines is 1. The number of piperazine rings is 1. The summed E-state index contributed by atoms with van der Waals surface area (Å²) in [4.78, 5) is 21.0. The molecule has 1 aliphatic heterocycles. The minimum atomic E-state index is -0.947. The first-order valence-electron chi connectivity index (χ1n) is 6.88. The Morgan fingerprint density at radius 3 is 3.05 bits per heavy atom. The molecule has 0 bridgehead atoms. The summed E-state index contributed by atoms with van der Waals surface area (Å²) >= 11 is 1.56. The van der Waals surface area contributed by atoms with Crippen molar-refractivity contribution in [2.75, 3.05) is 31.6 Å². The van der Waals surface area contributed by atoms with Crippen LogP contribution in [0.2, 0.25) is 0 Å². The van der Waals surface area contributed by atoms with Gasteiger partial charge in [0.05, 0.1) is 5.69 Å². The Balaban J connectivity index is 2.03. The summed E-state index contributed by atoms with van der Waals surface area (Å²) in [6.45, 7) is 5.04. The van der Waals surface area contributed by atoms with Gasteiger partial charge in [0.25, 0.3) is 0 Å². The maximum Gasteiger partial charge on any atom is 0.328 e. The summed E-state index contributed by atoms with van der Waals surface area (Å²) in [5.41, 5.74) is 0.838. The van der Waals surface area contributed by atoms with Crippen LogP contribution in [0.15, 0.2) is 17.7 Å². The predicted octanol–water partition coefficient (Wildman–Crippen LogP) is 1.63. The average Bonchev–Trinajstić information content (AvgIpc) is 2.97. The fourth-order valence-electron chi connectivity index (χ4n) is 2.76. The van der Waals surface area contributed by atoms with Gasteiger partial charge in [0.2, 0.25) is 0 Å². The summed E-state index contributed by atoms with van der Waals surface area (Å²) in [7, 11) is 2.12. The Hall–Kier alpha value is -1.86. The third-order valence-electron chi connectivity index (χ3n) is 3.77. The molecule has 1 unspecified atom stereocenters. The highest BCUT2D eigenvalue weighted by atomic mass is 32.1. The summed E-state index contributed by atoms with van der Waals surface area (Å²) in [5.74, 6) is -0.0718. The number of carbonyl (C=O) groups is 1. The van der Waals surface area contributed by atoms with Crippen LogP contribution in [-0.4, -0.2) is 58.1 Å². The zero-order valence-corrected chi connectivity index (χ0v) is 12.9. The molecule has 1 N–H and O–H groups in total. The van der Waals surface area contributed by atoms with Crippen LogP contribution in [0.4, 0.5) is 5.82 Å². The van der Waals surface area contributed by atoms with Crippen molar-refractivity contribution in [3.05, 3.63) is 23.3 Å². The van der Waals surface area contributed by atoms with E-state index in [4.69, 9.17) is 10.1 Å². The molecule has 3 rings (SSSR count). The number of hydrogen-bond donors (Lipinski definition) is 1. The van der Waals surface area contributed by atoms with Gasteiger partial charge in [0.15, 0.2) is 10.8 Å². The van der Waals surface area contributed by atoms with E-state index in [9.17, 15) is 4.79 Å². The number of carboxylic acid groups (broad SMARTS) is 1. The van der Waals surface area contributed by atoms with Crippen LogP contribution in [0.25, 0.3) is 11.0 Å². The first kappa shape index (κ1) is 14.1. The van der Waals surface area contributed by atoms with E-state index in [-0.39, 0.29) is 0 Å². The largest absolute Gasteiger partial charge is 0.478 e. The number of aromatic nitrogens is 2. The van der Waals surface area contributed by atoms with Gasteiger partial charge in [-0.2, -0.15) is 0 Å². The van der Waals surface area contributed by atoms with Crippen LogP contribution < -0.4 is 4.90 Å². The van der Waals surface area contributed by atoms with Gasteiger partial charge in [0, 0.05) is 43.3 Å². The van der Waals surface area contributed by atoms with Gasteiger partial charge in [-0.15, -0.1) is 11.3 Å². The minimum absolute atomic E-state index is 0.352. The molecule has 3 heterocycles.